The molecule has 106 valence electrons. The molecular weight excluding hydrogens is 272 g/mol. The fourth-order valence-electron chi connectivity index (χ4n) is 2.50. The van der Waals surface area contributed by atoms with Crippen LogP contribution >= 0.6 is 0 Å². The van der Waals surface area contributed by atoms with Gasteiger partial charge in [0.2, 0.25) is 0 Å². The molecule has 1 aliphatic rings. The van der Waals surface area contributed by atoms with Gasteiger partial charge in [0.1, 0.15) is 11.6 Å². The predicted molar refractivity (Wildman–Crippen MR) is 69.4 cm³/mol. The number of hydrogen-bond acceptors (Lipinski definition) is 3. The molecule has 0 amide bonds. The molecule has 2 unspecified atom stereocenters. The molecule has 6 heteroatoms. The normalized spacial score (nSPS) is 24.1. The van der Waals surface area contributed by atoms with E-state index < -0.39 is 32.8 Å². The van der Waals surface area contributed by atoms with E-state index >= 15 is 0 Å². The van der Waals surface area contributed by atoms with Gasteiger partial charge in [-0.05, 0) is 37.5 Å². The predicted octanol–water partition coefficient (Wildman–Crippen LogP) is 2.24. The maximum absolute atomic E-state index is 13.8. The zero-order chi connectivity index (χ0) is 14.2. The minimum Gasteiger partial charge on any atom is -0.323 e. The monoisotopic (exact) mass is 289 g/mol. The second kappa shape index (κ2) is 5.17. The lowest BCUT2D eigenvalue weighted by atomic mass is 9.98. The average Bonchev–Trinajstić information content (AvgIpc) is 2.32. The van der Waals surface area contributed by atoms with E-state index in [2.05, 4.69) is 0 Å². The summed E-state index contributed by atoms with van der Waals surface area (Å²) in [7, 11) is -3.32. The van der Waals surface area contributed by atoms with E-state index in [0.29, 0.717) is 12.8 Å². The van der Waals surface area contributed by atoms with E-state index in [1.807, 2.05) is 0 Å². The van der Waals surface area contributed by atoms with Crippen LogP contribution in [0.25, 0.3) is 0 Å². The van der Waals surface area contributed by atoms with Gasteiger partial charge in [0, 0.05) is 11.6 Å². The SMILES string of the molecule is Cc1cc(F)c(C(N)C2CCCCS2(=O)=O)cc1F. The second-order valence-corrected chi connectivity index (χ2v) is 7.39. The Kier molecular flexibility index (Phi) is 3.92. The molecule has 19 heavy (non-hydrogen) atoms. The zero-order valence-corrected chi connectivity index (χ0v) is 11.5. The molecule has 1 fully saturated rings. The smallest absolute Gasteiger partial charge is 0.155 e. The Balaban J connectivity index is 2.39. The largest absolute Gasteiger partial charge is 0.323 e. The first-order valence-electron chi connectivity index (χ1n) is 6.25. The maximum Gasteiger partial charge on any atom is 0.155 e. The van der Waals surface area contributed by atoms with Crippen LogP contribution in [0.3, 0.4) is 0 Å². The molecule has 2 atom stereocenters. The molecule has 0 aromatic heterocycles. The van der Waals surface area contributed by atoms with Crippen molar-refractivity contribution in [1.82, 2.24) is 0 Å². The molecule has 3 nitrogen and oxygen atoms in total. The summed E-state index contributed by atoms with van der Waals surface area (Å²) in [6.07, 6.45) is 1.75. The topological polar surface area (TPSA) is 60.2 Å². The number of sulfone groups is 1. The van der Waals surface area contributed by atoms with Crippen LogP contribution in [0.15, 0.2) is 12.1 Å². The van der Waals surface area contributed by atoms with Crippen LogP contribution in [0, 0.1) is 18.6 Å². The summed E-state index contributed by atoms with van der Waals surface area (Å²) < 4.78 is 51.3. The third-order valence-corrected chi connectivity index (χ3v) is 5.98. The van der Waals surface area contributed by atoms with Gasteiger partial charge in [0.05, 0.1) is 11.0 Å². The summed E-state index contributed by atoms with van der Waals surface area (Å²) >= 11 is 0. The molecule has 1 heterocycles. The van der Waals surface area contributed by atoms with E-state index in [1.54, 1.807) is 0 Å². The molecule has 2 N–H and O–H groups in total. The van der Waals surface area contributed by atoms with Crippen molar-refractivity contribution in [2.75, 3.05) is 5.75 Å². The molecule has 0 saturated carbocycles. The maximum atomic E-state index is 13.8. The minimum atomic E-state index is -3.32. The lowest BCUT2D eigenvalue weighted by Crippen LogP contribution is -2.38. The molecule has 2 rings (SSSR count). The summed E-state index contributed by atoms with van der Waals surface area (Å²) in [6, 6.07) is 1.06. The molecule has 0 bridgehead atoms. The molecule has 0 spiro atoms. The molecule has 1 saturated heterocycles. The van der Waals surface area contributed by atoms with E-state index in [4.69, 9.17) is 5.73 Å². The van der Waals surface area contributed by atoms with Crippen LogP contribution in [0.1, 0.15) is 36.4 Å². The third kappa shape index (κ3) is 2.79. The first-order chi connectivity index (χ1) is 8.83. The van der Waals surface area contributed by atoms with Gasteiger partial charge in [-0.3, -0.25) is 0 Å². The van der Waals surface area contributed by atoms with Crippen molar-refractivity contribution in [2.45, 2.75) is 37.5 Å². The van der Waals surface area contributed by atoms with Gasteiger partial charge in [-0.2, -0.15) is 0 Å². The number of nitrogens with two attached hydrogens (primary N) is 1. The summed E-state index contributed by atoms with van der Waals surface area (Å²) in [6.45, 7) is 1.45. The van der Waals surface area contributed by atoms with E-state index in [0.717, 1.165) is 18.6 Å². The van der Waals surface area contributed by atoms with Gasteiger partial charge in [0.25, 0.3) is 0 Å². The van der Waals surface area contributed by atoms with E-state index in [1.165, 1.54) is 6.92 Å². The lowest BCUT2D eigenvalue weighted by Gasteiger charge is -2.28. The molecule has 1 aliphatic heterocycles. The Morgan fingerprint density at radius 3 is 2.58 bits per heavy atom. The standard InChI is InChI=1S/C13H17F2NO2S/c1-8-6-11(15)9(7-10(8)14)13(16)12-4-2-3-5-19(12,17)18/h6-7,12-13H,2-5,16H2,1H3. The Morgan fingerprint density at radius 2 is 1.95 bits per heavy atom. The van der Waals surface area contributed by atoms with Crippen LogP contribution in [-0.2, 0) is 9.84 Å². The van der Waals surface area contributed by atoms with Crippen molar-refractivity contribution in [1.29, 1.82) is 0 Å². The molecule has 0 radical (unpaired) electrons. The number of aryl methyl sites for hydroxylation is 1. The van der Waals surface area contributed by atoms with Crippen molar-refractivity contribution in [2.24, 2.45) is 5.73 Å². The average molecular weight is 289 g/mol. The quantitative estimate of drug-likeness (QED) is 0.908. The Hall–Kier alpha value is -1.01. The van der Waals surface area contributed by atoms with Gasteiger partial charge in [-0.15, -0.1) is 0 Å². The van der Waals surface area contributed by atoms with Crippen LogP contribution in [0.2, 0.25) is 0 Å². The fraction of sp³-hybridized carbons (Fsp3) is 0.538. The number of benzene rings is 1. The van der Waals surface area contributed by atoms with Gasteiger partial charge >= 0.3 is 0 Å². The number of halogens is 2. The van der Waals surface area contributed by atoms with Crippen LogP contribution in [0.4, 0.5) is 8.78 Å². The highest BCUT2D eigenvalue weighted by molar-refractivity contribution is 7.92. The highest BCUT2D eigenvalue weighted by atomic mass is 32.2. The Morgan fingerprint density at radius 1 is 1.26 bits per heavy atom. The molecule has 0 aliphatic carbocycles. The Labute approximate surface area is 111 Å². The highest BCUT2D eigenvalue weighted by Crippen LogP contribution is 2.31. The van der Waals surface area contributed by atoms with Crippen LogP contribution in [0.5, 0.6) is 0 Å². The number of rotatable bonds is 2. The van der Waals surface area contributed by atoms with Crippen molar-refractivity contribution < 1.29 is 17.2 Å². The summed E-state index contributed by atoms with van der Waals surface area (Å²) in [5.74, 6) is -1.14. The zero-order valence-electron chi connectivity index (χ0n) is 10.7. The van der Waals surface area contributed by atoms with Crippen molar-refractivity contribution in [3.05, 3.63) is 34.9 Å². The molecule has 1 aromatic rings. The van der Waals surface area contributed by atoms with Gasteiger partial charge in [-0.25, -0.2) is 17.2 Å². The first kappa shape index (κ1) is 14.4. The second-order valence-electron chi connectivity index (χ2n) is 5.05. The Bertz CT molecular complexity index is 587. The fourth-order valence-corrected chi connectivity index (χ4v) is 4.53. The lowest BCUT2D eigenvalue weighted by molar-refractivity contribution is 0.488. The third-order valence-electron chi connectivity index (χ3n) is 3.67. The van der Waals surface area contributed by atoms with E-state index in [-0.39, 0.29) is 16.9 Å². The van der Waals surface area contributed by atoms with Gasteiger partial charge in [0.15, 0.2) is 9.84 Å². The summed E-state index contributed by atoms with van der Waals surface area (Å²) in [5, 5.41) is -0.821. The van der Waals surface area contributed by atoms with Crippen molar-refractivity contribution in [3.8, 4) is 0 Å². The highest BCUT2D eigenvalue weighted by Gasteiger charge is 2.35. The van der Waals surface area contributed by atoms with E-state index in [9.17, 15) is 17.2 Å². The first-order valence-corrected chi connectivity index (χ1v) is 7.97. The summed E-state index contributed by atoms with van der Waals surface area (Å²) in [5.41, 5.74) is 6.00. The van der Waals surface area contributed by atoms with Crippen molar-refractivity contribution in [3.63, 3.8) is 0 Å². The minimum absolute atomic E-state index is 0.0569. The summed E-state index contributed by atoms with van der Waals surface area (Å²) in [4.78, 5) is 0. The molecular formula is C13H17F2NO2S. The van der Waals surface area contributed by atoms with Gasteiger partial charge < -0.3 is 5.73 Å². The van der Waals surface area contributed by atoms with Crippen LogP contribution < -0.4 is 5.73 Å². The number of hydrogen-bond donors (Lipinski definition) is 1. The molecule has 1 aromatic carbocycles. The van der Waals surface area contributed by atoms with Crippen LogP contribution in [-0.4, -0.2) is 19.4 Å². The van der Waals surface area contributed by atoms with Crippen molar-refractivity contribution >= 4 is 9.84 Å². The van der Waals surface area contributed by atoms with Gasteiger partial charge in [-0.1, -0.05) is 6.42 Å².